The Morgan fingerprint density at radius 1 is 1.29 bits per heavy atom. The van der Waals surface area contributed by atoms with Crippen molar-refractivity contribution in [2.24, 2.45) is 5.92 Å². The maximum atomic E-state index is 12.3. The Balaban J connectivity index is 1.79. The van der Waals surface area contributed by atoms with E-state index in [9.17, 15) is 4.79 Å². The highest BCUT2D eigenvalue weighted by Gasteiger charge is 2.24. The Labute approximate surface area is 102 Å². The van der Waals surface area contributed by atoms with Crippen LogP contribution in [0.3, 0.4) is 0 Å². The Bertz CT molecular complexity index is 431. The quantitative estimate of drug-likeness (QED) is 0.744. The van der Waals surface area contributed by atoms with Gasteiger partial charge < -0.3 is 4.74 Å². The molecular weight excluding hydrogens is 212 g/mol. The Kier molecular flexibility index (Phi) is 2.87. The molecule has 1 saturated carbocycles. The zero-order valence-corrected chi connectivity index (χ0v) is 10.1. The van der Waals surface area contributed by atoms with Gasteiger partial charge in [0.05, 0.1) is 12.2 Å². The van der Waals surface area contributed by atoms with Crippen LogP contribution in [0.2, 0.25) is 0 Å². The molecule has 2 heteroatoms. The van der Waals surface area contributed by atoms with Crippen molar-refractivity contribution in [1.29, 1.82) is 0 Å². The third kappa shape index (κ3) is 2.08. The maximum Gasteiger partial charge on any atom is 0.166 e. The maximum absolute atomic E-state index is 12.3. The first-order valence-electron chi connectivity index (χ1n) is 6.62. The van der Waals surface area contributed by atoms with Crippen molar-refractivity contribution < 1.29 is 9.53 Å². The molecule has 1 fully saturated rings. The number of carbonyl (C=O) groups is 1. The van der Waals surface area contributed by atoms with Gasteiger partial charge in [-0.15, -0.1) is 0 Å². The van der Waals surface area contributed by atoms with Crippen LogP contribution in [0, 0.1) is 5.92 Å². The molecule has 0 radical (unpaired) electrons. The lowest BCUT2D eigenvalue weighted by Crippen LogP contribution is -2.07. The van der Waals surface area contributed by atoms with Crippen molar-refractivity contribution in [1.82, 2.24) is 0 Å². The van der Waals surface area contributed by atoms with Crippen LogP contribution in [0.25, 0.3) is 0 Å². The fourth-order valence-electron chi connectivity index (χ4n) is 3.02. The summed E-state index contributed by atoms with van der Waals surface area (Å²) in [6, 6.07) is 5.96. The van der Waals surface area contributed by atoms with Crippen LogP contribution >= 0.6 is 0 Å². The summed E-state index contributed by atoms with van der Waals surface area (Å²) in [4.78, 5) is 12.3. The molecule has 3 rings (SSSR count). The third-order valence-corrected chi connectivity index (χ3v) is 3.96. The number of rotatable bonds is 3. The van der Waals surface area contributed by atoms with Gasteiger partial charge in [-0.3, -0.25) is 4.79 Å². The van der Waals surface area contributed by atoms with Crippen molar-refractivity contribution >= 4 is 5.78 Å². The lowest BCUT2D eigenvalue weighted by Gasteiger charge is -2.10. The number of para-hydroxylation sites is 1. The summed E-state index contributed by atoms with van der Waals surface area (Å²) in [5.74, 6) is 1.74. The first-order chi connectivity index (χ1) is 8.34. The summed E-state index contributed by atoms with van der Waals surface area (Å²) in [6.07, 6.45) is 6.69. The molecule has 0 aromatic heterocycles. The lowest BCUT2D eigenvalue weighted by molar-refractivity contribution is 0.0959. The molecule has 0 unspecified atom stereocenters. The molecule has 0 saturated heterocycles. The van der Waals surface area contributed by atoms with Gasteiger partial charge in [0.25, 0.3) is 0 Å². The monoisotopic (exact) mass is 230 g/mol. The third-order valence-electron chi connectivity index (χ3n) is 3.96. The molecule has 0 spiro atoms. The van der Waals surface area contributed by atoms with Gasteiger partial charge in [0.1, 0.15) is 5.75 Å². The van der Waals surface area contributed by atoms with Crippen LogP contribution < -0.4 is 4.74 Å². The molecule has 2 aliphatic rings. The summed E-state index contributed by atoms with van der Waals surface area (Å²) in [5.41, 5.74) is 2.01. The predicted octanol–water partition coefficient (Wildman–Crippen LogP) is 3.38. The van der Waals surface area contributed by atoms with Gasteiger partial charge in [-0.25, -0.2) is 0 Å². The number of hydrogen-bond acceptors (Lipinski definition) is 2. The van der Waals surface area contributed by atoms with Gasteiger partial charge in [0.2, 0.25) is 0 Å². The zero-order valence-electron chi connectivity index (χ0n) is 10.1. The van der Waals surface area contributed by atoms with Crippen LogP contribution in [0.15, 0.2) is 18.2 Å². The number of carbonyl (C=O) groups excluding carboxylic acids is 1. The van der Waals surface area contributed by atoms with Crippen molar-refractivity contribution in [3.8, 4) is 5.75 Å². The van der Waals surface area contributed by atoms with Crippen LogP contribution in [0.4, 0.5) is 0 Å². The van der Waals surface area contributed by atoms with Gasteiger partial charge in [0, 0.05) is 12.8 Å². The first kappa shape index (κ1) is 10.8. The summed E-state index contributed by atoms with van der Waals surface area (Å²) >= 11 is 0. The summed E-state index contributed by atoms with van der Waals surface area (Å²) in [7, 11) is 0. The van der Waals surface area contributed by atoms with Crippen LogP contribution in [-0.2, 0) is 6.42 Å². The Hall–Kier alpha value is -1.31. The molecule has 0 bridgehead atoms. The predicted molar refractivity (Wildman–Crippen MR) is 66.5 cm³/mol. The van der Waals surface area contributed by atoms with Gasteiger partial charge in [-0.2, -0.15) is 0 Å². The van der Waals surface area contributed by atoms with Crippen LogP contribution in [0.5, 0.6) is 5.75 Å². The fourth-order valence-corrected chi connectivity index (χ4v) is 3.02. The minimum atomic E-state index is 0.274. The molecular formula is C15H18O2. The van der Waals surface area contributed by atoms with E-state index in [1.54, 1.807) is 0 Å². The van der Waals surface area contributed by atoms with Gasteiger partial charge in [-0.1, -0.05) is 37.8 Å². The van der Waals surface area contributed by atoms with E-state index >= 15 is 0 Å². The zero-order chi connectivity index (χ0) is 11.7. The number of benzene rings is 1. The average molecular weight is 230 g/mol. The van der Waals surface area contributed by atoms with E-state index in [0.717, 1.165) is 24.3 Å². The Morgan fingerprint density at radius 2 is 2.12 bits per heavy atom. The number of fused-ring (bicyclic) bond motifs is 1. The van der Waals surface area contributed by atoms with E-state index in [4.69, 9.17) is 4.74 Å². The van der Waals surface area contributed by atoms with Crippen molar-refractivity contribution in [3.05, 3.63) is 29.3 Å². The minimum Gasteiger partial charge on any atom is -0.492 e. The molecule has 0 N–H and O–H groups in total. The largest absolute Gasteiger partial charge is 0.492 e. The number of ether oxygens (including phenoxy) is 1. The van der Waals surface area contributed by atoms with Gasteiger partial charge in [-0.05, 0) is 17.5 Å². The minimum absolute atomic E-state index is 0.274. The average Bonchev–Trinajstić information content (AvgIpc) is 2.97. The number of ketones is 1. The van der Waals surface area contributed by atoms with E-state index in [0.29, 0.717) is 12.3 Å². The first-order valence-corrected chi connectivity index (χ1v) is 6.62. The molecule has 1 aromatic rings. The molecule has 17 heavy (non-hydrogen) atoms. The second-order valence-electron chi connectivity index (χ2n) is 5.17. The molecule has 0 atom stereocenters. The summed E-state index contributed by atoms with van der Waals surface area (Å²) < 4.78 is 5.59. The fraction of sp³-hybridized carbons (Fsp3) is 0.533. The van der Waals surface area contributed by atoms with Crippen molar-refractivity contribution in [2.45, 2.75) is 38.5 Å². The van der Waals surface area contributed by atoms with Crippen molar-refractivity contribution in [3.63, 3.8) is 0 Å². The highest BCUT2D eigenvalue weighted by molar-refractivity contribution is 5.99. The normalized spacial score (nSPS) is 19.1. The molecule has 1 aliphatic carbocycles. The summed E-state index contributed by atoms with van der Waals surface area (Å²) in [6.45, 7) is 0.725. The smallest absolute Gasteiger partial charge is 0.166 e. The van der Waals surface area contributed by atoms with E-state index in [1.807, 2.05) is 12.1 Å². The van der Waals surface area contributed by atoms with Gasteiger partial charge in [0.15, 0.2) is 5.78 Å². The highest BCUT2D eigenvalue weighted by Crippen LogP contribution is 2.33. The van der Waals surface area contributed by atoms with Gasteiger partial charge >= 0.3 is 0 Å². The molecule has 1 aromatic carbocycles. The van der Waals surface area contributed by atoms with E-state index < -0.39 is 0 Å². The second kappa shape index (κ2) is 4.52. The van der Waals surface area contributed by atoms with Crippen LogP contribution in [-0.4, -0.2) is 12.4 Å². The number of Topliss-reactive ketones (excluding diaryl/α,β-unsaturated/α-hetero) is 1. The lowest BCUT2D eigenvalue weighted by atomic mass is 9.95. The Morgan fingerprint density at radius 3 is 2.94 bits per heavy atom. The van der Waals surface area contributed by atoms with Crippen molar-refractivity contribution in [2.75, 3.05) is 6.61 Å². The second-order valence-corrected chi connectivity index (χ2v) is 5.17. The number of hydrogen-bond donors (Lipinski definition) is 0. The van der Waals surface area contributed by atoms with E-state index in [1.165, 1.54) is 31.2 Å². The molecule has 2 nitrogen and oxygen atoms in total. The summed E-state index contributed by atoms with van der Waals surface area (Å²) in [5, 5.41) is 0. The molecule has 1 aliphatic heterocycles. The topological polar surface area (TPSA) is 26.3 Å². The SMILES string of the molecule is O=C(CC1CCCC1)c1cccc2c1OCC2. The standard InChI is InChI=1S/C15H18O2/c16-14(10-11-4-1-2-5-11)13-7-3-6-12-8-9-17-15(12)13/h3,6-7,11H,1-2,4-5,8-10H2. The molecule has 0 amide bonds. The highest BCUT2D eigenvalue weighted by atomic mass is 16.5. The van der Waals surface area contributed by atoms with E-state index in [2.05, 4.69) is 6.07 Å². The molecule has 90 valence electrons. The molecule has 1 heterocycles. The van der Waals surface area contributed by atoms with Crippen LogP contribution in [0.1, 0.15) is 48.0 Å². The van der Waals surface area contributed by atoms with E-state index in [-0.39, 0.29) is 5.78 Å².